The highest BCUT2D eigenvalue weighted by Crippen LogP contribution is 2.18. The molecule has 1 aromatic rings. The van der Waals surface area contributed by atoms with Crippen molar-refractivity contribution in [3.05, 3.63) is 29.6 Å². The third kappa shape index (κ3) is 3.14. The standard InChI is InChI=1S/C14H17FN2O3/c1-9-11(15)3-2-4-12(9)16-13(19)14(20)17-7-5-10(18)6-8-17/h2-4,10,18H,5-8H2,1H3,(H,16,19). The summed E-state index contributed by atoms with van der Waals surface area (Å²) in [6.45, 7) is 2.25. The number of nitrogens with one attached hydrogen (secondary N) is 1. The van der Waals surface area contributed by atoms with Crippen LogP contribution in [0.4, 0.5) is 10.1 Å². The first kappa shape index (κ1) is 14.5. The monoisotopic (exact) mass is 280 g/mol. The topological polar surface area (TPSA) is 69.6 Å². The molecular formula is C14H17FN2O3. The van der Waals surface area contributed by atoms with E-state index in [0.29, 0.717) is 37.2 Å². The maximum absolute atomic E-state index is 13.4. The van der Waals surface area contributed by atoms with Crippen molar-refractivity contribution in [2.45, 2.75) is 25.9 Å². The second kappa shape index (κ2) is 6.00. The molecule has 2 rings (SSSR count). The van der Waals surface area contributed by atoms with Crippen molar-refractivity contribution in [3.63, 3.8) is 0 Å². The van der Waals surface area contributed by atoms with Crippen molar-refractivity contribution in [1.29, 1.82) is 0 Å². The first-order chi connectivity index (χ1) is 9.49. The fourth-order valence-corrected chi connectivity index (χ4v) is 2.13. The van der Waals surface area contributed by atoms with Crippen molar-refractivity contribution in [1.82, 2.24) is 4.90 Å². The SMILES string of the molecule is Cc1c(F)cccc1NC(=O)C(=O)N1CCC(O)CC1. The minimum atomic E-state index is -0.782. The van der Waals surface area contributed by atoms with Gasteiger partial charge in [0.15, 0.2) is 0 Å². The Balaban J connectivity index is 2.01. The Morgan fingerprint density at radius 3 is 2.65 bits per heavy atom. The highest BCUT2D eigenvalue weighted by Gasteiger charge is 2.26. The molecular weight excluding hydrogens is 263 g/mol. The molecule has 1 aromatic carbocycles. The van der Waals surface area contributed by atoms with Gasteiger partial charge in [-0.15, -0.1) is 0 Å². The zero-order chi connectivity index (χ0) is 14.7. The van der Waals surface area contributed by atoms with E-state index in [1.165, 1.54) is 24.0 Å². The van der Waals surface area contributed by atoms with Crippen LogP contribution < -0.4 is 5.32 Å². The number of hydrogen-bond acceptors (Lipinski definition) is 3. The molecule has 2 amide bonds. The van der Waals surface area contributed by atoms with Gasteiger partial charge in [-0.2, -0.15) is 0 Å². The van der Waals surface area contributed by atoms with E-state index in [-0.39, 0.29) is 0 Å². The maximum atomic E-state index is 13.4. The van der Waals surface area contributed by atoms with Crippen LogP contribution in [0.25, 0.3) is 0 Å². The molecule has 5 nitrogen and oxygen atoms in total. The molecule has 0 saturated carbocycles. The normalized spacial score (nSPS) is 16.1. The number of rotatable bonds is 1. The number of carbonyl (C=O) groups is 2. The summed E-state index contributed by atoms with van der Waals surface area (Å²) < 4.78 is 13.4. The lowest BCUT2D eigenvalue weighted by Crippen LogP contribution is -2.45. The minimum absolute atomic E-state index is 0.292. The molecule has 0 unspecified atom stereocenters. The quantitative estimate of drug-likeness (QED) is 0.756. The largest absolute Gasteiger partial charge is 0.393 e. The molecule has 20 heavy (non-hydrogen) atoms. The number of piperidine rings is 1. The Morgan fingerprint density at radius 2 is 2.00 bits per heavy atom. The number of benzene rings is 1. The number of hydrogen-bond donors (Lipinski definition) is 2. The number of anilines is 1. The highest BCUT2D eigenvalue weighted by molar-refractivity contribution is 6.39. The van der Waals surface area contributed by atoms with Crippen molar-refractivity contribution in [2.75, 3.05) is 18.4 Å². The summed E-state index contributed by atoms with van der Waals surface area (Å²) in [7, 11) is 0. The van der Waals surface area contributed by atoms with Crippen LogP contribution >= 0.6 is 0 Å². The van der Waals surface area contributed by atoms with E-state index in [9.17, 15) is 19.1 Å². The van der Waals surface area contributed by atoms with Crippen LogP contribution in [0.2, 0.25) is 0 Å². The molecule has 1 heterocycles. The number of aliphatic hydroxyl groups excluding tert-OH is 1. The lowest BCUT2D eigenvalue weighted by Gasteiger charge is -2.29. The summed E-state index contributed by atoms with van der Waals surface area (Å²) in [6, 6.07) is 4.31. The van der Waals surface area contributed by atoms with Crippen LogP contribution in [-0.4, -0.2) is 41.0 Å². The number of nitrogens with zero attached hydrogens (tertiary/aromatic N) is 1. The number of carbonyl (C=O) groups excluding carboxylic acids is 2. The molecule has 6 heteroatoms. The van der Waals surface area contributed by atoms with E-state index in [1.54, 1.807) is 6.07 Å². The lowest BCUT2D eigenvalue weighted by atomic mass is 10.1. The molecule has 1 aliphatic rings. The molecule has 1 fully saturated rings. The predicted octanol–water partition coefficient (Wildman–Crippen LogP) is 1.06. The summed E-state index contributed by atoms with van der Waals surface area (Å²) in [5.41, 5.74) is 0.586. The van der Waals surface area contributed by atoms with Gasteiger partial charge in [-0.1, -0.05) is 6.07 Å². The molecule has 2 N–H and O–H groups in total. The van der Waals surface area contributed by atoms with E-state index >= 15 is 0 Å². The van der Waals surface area contributed by atoms with Gasteiger partial charge in [-0.05, 0) is 31.9 Å². The van der Waals surface area contributed by atoms with E-state index in [1.807, 2.05) is 0 Å². The molecule has 0 atom stereocenters. The van der Waals surface area contributed by atoms with Gasteiger partial charge in [0, 0.05) is 24.3 Å². The van der Waals surface area contributed by atoms with E-state index in [0.717, 1.165) is 0 Å². The minimum Gasteiger partial charge on any atom is -0.393 e. The van der Waals surface area contributed by atoms with Crippen molar-refractivity contribution >= 4 is 17.5 Å². The van der Waals surface area contributed by atoms with Crippen LogP contribution in [0.1, 0.15) is 18.4 Å². The van der Waals surface area contributed by atoms with E-state index < -0.39 is 23.7 Å². The van der Waals surface area contributed by atoms with E-state index in [4.69, 9.17) is 0 Å². The van der Waals surface area contributed by atoms with Crippen LogP contribution in [0, 0.1) is 12.7 Å². The highest BCUT2D eigenvalue weighted by atomic mass is 19.1. The Hall–Kier alpha value is -1.95. The summed E-state index contributed by atoms with van der Waals surface area (Å²) in [6.07, 6.45) is 0.531. The summed E-state index contributed by atoms with van der Waals surface area (Å²) >= 11 is 0. The predicted molar refractivity (Wildman–Crippen MR) is 71.6 cm³/mol. The number of amides is 2. The third-order valence-corrected chi connectivity index (χ3v) is 3.46. The number of likely N-dealkylation sites (tertiary alicyclic amines) is 1. The third-order valence-electron chi connectivity index (χ3n) is 3.46. The Kier molecular flexibility index (Phi) is 4.34. The van der Waals surface area contributed by atoms with Crippen LogP contribution in [0.15, 0.2) is 18.2 Å². The van der Waals surface area contributed by atoms with Crippen molar-refractivity contribution in [2.24, 2.45) is 0 Å². The van der Waals surface area contributed by atoms with Gasteiger partial charge in [-0.3, -0.25) is 9.59 Å². The van der Waals surface area contributed by atoms with Gasteiger partial charge in [0.25, 0.3) is 0 Å². The van der Waals surface area contributed by atoms with Gasteiger partial charge in [0.2, 0.25) is 0 Å². The number of halogens is 1. The van der Waals surface area contributed by atoms with Crippen LogP contribution in [0.5, 0.6) is 0 Å². The molecule has 0 aromatic heterocycles. The van der Waals surface area contributed by atoms with Gasteiger partial charge >= 0.3 is 11.8 Å². The summed E-state index contributed by atoms with van der Waals surface area (Å²) in [5, 5.41) is 11.8. The van der Waals surface area contributed by atoms with Gasteiger partial charge in [0.05, 0.1) is 6.10 Å². The van der Waals surface area contributed by atoms with Gasteiger partial charge in [-0.25, -0.2) is 4.39 Å². The Morgan fingerprint density at radius 1 is 1.35 bits per heavy atom. The van der Waals surface area contributed by atoms with Crippen molar-refractivity contribution < 1.29 is 19.1 Å². The average molecular weight is 280 g/mol. The molecule has 0 radical (unpaired) electrons. The summed E-state index contributed by atoms with van der Waals surface area (Å²) in [5.74, 6) is -1.87. The fraction of sp³-hybridized carbons (Fsp3) is 0.429. The van der Waals surface area contributed by atoms with Crippen molar-refractivity contribution in [3.8, 4) is 0 Å². The van der Waals surface area contributed by atoms with Gasteiger partial charge in [0.1, 0.15) is 5.82 Å². The summed E-state index contributed by atoms with van der Waals surface area (Å²) in [4.78, 5) is 25.2. The maximum Gasteiger partial charge on any atom is 0.313 e. The molecule has 0 spiro atoms. The zero-order valence-electron chi connectivity index (χ0n) is 11.2. The second-order valence-corrected chi connectivity index (χ2v) is 4.89. The van der Waals surface area contributed by atoms with Crippen LogP contribution in [-0.2, 0) is 9.59 Å². The molecule has 0 bridgehead atoms. The first-order valence-electron chi connectivity index (χ1n) is 6.52. The number of aliphatic hydroxyl groups is 1. The molecule has 1 aliphatic heterocycles. The van der Waals surface area contributed by atoms with Gasteiger partial charge < -0.3 is 15.3 Å². The molecule has 108 valence electrons. The lowest BCUT2D eigenvalue weighted by molar-refractivity contribution is -0.144. The molecule has 0 aliphatic carbocycles. The second-order valence-electron chi connectivity index (χ2n) is 4.89. The fourth-order valence-electron chi connectivity index (χ4n) is 2.13. The van der Waals surface area contributed by atoms with Crippen LogP contribution in [0.3, 0.4) is 0 Å². The molecule has 1 saturated heterocycles. The van der Waals surface area contributed by atoms with E-state index in [2.05, 4.69) is 5.32 Å². The Bertz CT molecular complexity index is 525. The first-order valence-corrected chi connectivity index (χ1v) is 6.52. The smallest absolute Gasteiger partial charge is 0.313 e. The average Bonchev–Trinajstić information content (AvgIpc) is 2.44. The Labute approximate surface area is 116 Å². The zero-order valence-corrected chi connectivity index (χ0v) is 11.2.